The first kappa shape index (κ1) is 12.8. The summed E-state index contributed by atoms with van der Waals surface area (Å²) < 4.78 is 5.09. The van der Waals surface area contributed by atoms with E-state index in [4.69, 9.17) is 4.74 Å². The molecule has 1 aliphatic carbocycles. The number of aromatic nitrogens is 1. The van der Waals surface area contributed by atoms with Gasteiger partial charge in [-0.15, -0.1) is 0 Å². The van der Waals surface area contributed by atoms with Crippen molar-refractivity contribution >= 4 is 5.82 Å². The van der Waals surface area contributed by atoms with Gasteiger partial charge in [-0.25, -0.2) is 4.98 Å². The summed E-state index contributed by atoms with van der Waals surface area (Å²) in [4.78, 5) is 4.62. The van der Waals surface area contributed by atoms with E-state index in [2.05, 4.69) is 16.4 Å². The summed E-state index contributed by atoms with van der Waals surface area (Å²) in [7, 11) is 1.67. The zero-order chi connectivity index (χ0) is 13.0. The third-order valence-electron chi connectivity index (χ3n) is 3.22. The number of aryl methyl sites for hydroxylation is 2. The second kappa shape index (κ2) is 5.83. The first-order chi connectivity index (χ1) is 8.74. The van der Waals surface area contributed by atoms with E-state index < -0.39 is 0 Å². The van der Waals surface area contributed by atoms with Gasteiger partial charge in [-0.05, 0) is 44.2 Å². The van der Waals surface area contributed by atoms with Gasteiger partial charge in [0.25, 0.3) is 0 Å². The number of ether oxygens (including phenoxy) is 1. The molecule has 0 saturated carbocycles. The Morgan fingerprint density at radius 2 is 2.28 bits per heavy atom. The van der Waals surface area contributed by atoms with Crippen molar-refractivity contribution in [2.75, 3.05) is 19.0 Å². The van der Waals surface area contributed by atoms with Crippen LogP contribution in [0, 0.1) is 11.3 Å². The molecule has 0 bridgehead atoms. The number of pyridine rings is 1. The molecular weight excluding hydrogens is 226 g/mol. The molecule has 1 heterocycles. The maximum absolute atomic E-state index is 9.20. The molecule has 96 valence electrons. The summed E-state index contributed by atoms with van der Waals surface area (Å²) in [5.74, 6) is 0.697. The van der Waals surface area contributed by atoms with E-state index in [-0.39, 0.29) is 6.04 Å². The van der Waals surface area contributed by atoms with Gasteiger partial charge in [0.05, 0.1) is 12.2 Å². The van der Waals surface area contributed by atoms with E-state index >= 15 is 0 Å². The molecule has 0 fully saturated rings. The highest BCUT2D eigenvalue weighted by Gasteiger charge is 2.16. The number of rotatable bonds is 4. The minimum absolute atomic E-state index is 0.149. The van der Waals surface area contributed by atoms with Crippen LogP contribution < -0.4 is 5.32 Å². The lowest BCUT2D eigenvalue weighted by Gasteiger charge is -2.19. The lowest BCUT2D eigenvalue weighted by Crippen LogP contribution is -2.23. The normalized spacial score (nSPS) is 15.6. The van der Waals surface area contributed by atoms with Crippen LogP contribution >= 0.6 is 0 Å². The molecule has 18 heavy (non-hydrogen) atoms. The fourth-order valence-corrected chi connectivity index (χ4v) is 2.35. The minimum Gasteiger partial charge on any atom is -0.383 e. The number of nitrogens with zero attached hydrogens (tertiary/aromatic N) is 2. The smallest absolute Gasteiger partial charge is 0.144 e. The van der Waals surface area contributed by atoms with E-state index in [0.717, 1.165) is 18.5 Å². The molecule has 0 saturated heterocycles. The zero-order valence-electron chi connectivity index (χ0n) is 11.0. The maximum Gasteiger partial charge on any atom is 0.144 e. The van der Waals surface area contributed by atoms with Crippen molar-refractivity contribution in [1.82, 2.24) is 4.98 Å². The third kappa shape index (κ3) is 2.80. The molecule has 0 aromatic carbocycles. The van der Waals surface area contributed by atoms with Gasteiger partial charge in [-0.3, -0.25) is 0 Å². The van der Waals surface area contributed by atoms with E-state index in [9.17, 15) is 5.26 Å². The zero-order valence-corrected chi connectivity index (χ0v) is 11.0. The molecule has 4 nitrogen and oxygen atoms in total. The number of hydrogen-bond donors (Lipinski definition) is 1. The Bertz CT molecular complexity index is 465. The van der Waals surface area contributed by atoms with Crippen LogP contribution in [0.2, 0.25) is 0 Å². The largest absolute Gasteiger partial charge is 0.383 e. The Morgan fingerprint density at radius 1 is 1.50 bits per heavy atom. The molecule has 1 N–H and O–H groups in total. The Kier molecular flexibility index (Phi) is 4.16. The number of nitrogens with one attached hydrogen (secondary N) is 1. The molecular formula is C14H19N3O. The van der Waals surface area contributed by atoms with Crippen molar-refractivity contribution in [1.29, 1.82) is 5.26 Å². The highest BCUT2D eigenvalue weighted by atomic mass is 16.5. The summed E-state index contributed by atoms with van der Waals surface area (Å²) >= 11 is 0. The molecule has 1 unspecified atom stereocenters. The predicted molar refractivity (Wildman–Crippen MR) is 70.6 cm³/mol. The van der Waals surface area contributed by atoms with Crippen LogP contribution in [0.25, 0.3) is 0 Å². The van der Waals surface area contributed by atoms with E-state index in [1.165, 1.54) is 18.4 Å². The van der Waals surface area contributed by atoms with Gasteiger partial charge in [0.15, 0.2) is 0 Å². The second-order valence-corrected chi connectivity index (χ2v) is 4.81. The van der Waals surface area contributed by atoms with Crippen molar-refractivity contribution in [2.45, 2.75) is 38.6 Å². The van der Waals surface area contributed by atoms with Gasteiger partial charge < -0.3 is 10.1 Å². The fraction of sp³-hybridized carbons (Fsp3) is 0.571. The summed E-state index contributed by atoms with van der Waals surface area (Å²) in [6.45, 7) is 2.62. The number of hydrogen-bond acceptors (Lipinski definition) is 4. The van der Waals surface area contributed by atoms with Gasteiger partial charge in [0.1, 0.15) is 11.9 Å². The quantitative estimate of drug-likeness (QED) is 0.884. The first-order valence-electron chi connectivity index (χ1n) is 6.43. The van der Waals surface area contributed by atoms with Gasteiger partial charge in [0, 0.05) is 18.8 Å². The van der Waals surface area contributed by atoms with E-state index in [1.54, 1.807) is 7.11 Å². The summed E-state index contributed by atoms with van der Waals surface area (Å²) in [5.41, 5.74) is 3.02. The standard InChI is InChI=1S/C14H19N3O/c1-10(9-18-2)16-14-12(8-15)7-11-5-3-4-6-13(11)17-14/h7,10H,3-6,9H2,1-2H3,(H,16,17). The van der Waals surface area contributed by atoms with Gasteiger partial charge in [-0.1, -0.05) is 0 Å². The van der Waals surface area contributed by atoms with Gasteiger partial charge in [0.2, 0.25) is 0 Å². The summed E-state index contributed by atoms with van der Waals surface area (Å²) in [6.07, 6.45) is 4.46. The fourth-order valence-electron chi connectivity index (χ4n) is 2.35. The molecule has 0 radical (unpaired) electrons. The summed E-state index contributed by atoms with van der Waals surface area (Å²) in [6, 6.07) is 4.37. The van der Waals surface area contributed by atoms with Crippen molar-refractivity contribution in [3.05, 3.63) is 22.9 Å². The lowest BCUT2D eigenvalue weighted by molar-refractivity contribution is 0.190. The lowest BCUT2D eigenvalue weighted by atomic mass is 9.95. The van der Waals surface area contributed by atoms with Gasteiger partial charge >= 0.3 is 0 Å². The topological polar surface area (TPSA) is 57.9 Å². The van der Waals surface area contributed by atoms with Crippen molar-refractivity contribution in [3.8, 4) is 6.07 Å². The van der Waals surface area contributed by atoms with E-state index in [1.807, 2.05) is 13.0 Å². The molecule has 1 aromatic rings. The molecule has 4 heteroatoms. The molecule has 1 aromatic heterocycles. The Hall–Kier alpha value is -1.60. The third-order valence-corrected chi connectivity index (χ3v) is 3.22. The molecule has 0 spiro atoms. The first-order valence-corrected chi connectivity index (χ1v) is 6.43. The average molecular weight is 245 g/mol. The molecule has 1 aliphatic rings. The van der Waals surface area contributed by atoms with E-state index in [0.29, 0.717) is 18.0 Å². The minimum atomic E-state index is 0.149. The van der Waals surface area contributed by atoms with Crippen LogP contribution in [0.3, 0.4) is 0 Å². The number of fused-ring (bicyclic) bond motifs is 1. The Morgan fingerprint density at radius 3 is 3.00 bits per heavy atom. The SMILES string of the molecule is COCC(C)Nc1nc2c(cc1C#N)CCCC2. The van der Waals surface area contributed by atoms with Crippen LogP contribution in [-0.4, -0.2) is 24.7 Å². The number of nitriles is 1. The van der Waals surface area contributed by atoms with Gasteiger partial charge in [-0.2, -0.15) is 5.26 Å². The number of anilines is 1. The predicted octanol–water partition coefficient (Wildman–Crippen LogP) is 2.28. The molecule has 0 amide bonds. The Balaban J connectivity index is 2.26. The second-order valence-electron chi connectivity index (χ2n) is 4.81. The van der Waals surface area contributed by atoms with Crippen molar-refractivity contribution in [2.24, 2.45) is 0 Å². The van der Waals surface area contributed by atoms with Crippen molar-refractivity contribution < 1.29 is 4.74 Å². The number of methoxy groups -OCH3 is 1. The molecule has 0 aliphatic heterocycles. The van der Waals surface area contributed by atoms with Crippen LogP contribution in [0.1, 0.15) is 36.6 Å². The molecule has 2 rings (SSSR count). The average Bonchev–Trinajstić information content (AvgIpc) is 2.38. The monoisotopic (exact) mass is 245 g/mol. The highest BCUT2D eigenvalue weighted by Crippen LogP contribution is 2.24. The Labute approximate surface area is 108 Å². The highest BCUT2D eigenvalue weighted by molar-refractivity contribution is 5.55. The molecule has 1 atom stereocenters. The maximum atomic E-state index is 9.20. The van der Waals surface area contributed by atoms with Crippen molar-refractivity contribution in [3.63, 3.8) is 0 Å². The van der Waals surface area contributed by atoms with Crippen LogP contribution in [-0.2, 0) is 17.6 Å². The summed E-state index contributed by atoms with van der Waals surface area (Å²) in [5, 5.41) is 12.5. The van der Waals surface area contributed by atoms with Crippen LogP contribution in [0.15, 0.2) is 6.07 Å². The van der Waals surface area contributed by atoms with Crippen LogP contribution in [0.4, 0.5) is 5.82 Å². The van der Waals surface area contributed by atoms with Crippen LogP contribution in [0.5, 0.6) is 0 Å².